The molecule has 1 aliphatic carbocycles. The van der Waals surface area contributed by atoms with Crippen molar-refractivity contribution < 1.29 is 9.59 Å². The SMILES string of the molecule is O=C(CCNC(=O)C1CCCC1)NCCc1ncn[nH]1. The summed E-state index contributed by atoms with van der Waals surface area (Å²) in [6.07, 6.45) is 6.62. The maximum absolute atomic E-state index is 11.7. The Morgan fingerprint density at radius 3 is 2.75 bits per heavy atom. The molecule has 1 aromatic rings. The van der Waals surface area contributed by atoms with Gasteiger partial charge >= 0.3 is 0 Å². The van der Waals surface area contributed by atoms with Crippen molar-refractivity contribution in [2.75, 3.05) is 13.1 Å². The molecular weight excluding hydrogens is 258 g/mol. The summed E-state index contributed by atoms with van der Waals surface area (Å²) < 4.78 is 0. The zero-order valence-corrected chi connectivity index (χ0v) is 11.5. The molecule has 0 radical (unpaired) electrons. The van der Waals surface area contributed by atoms with Gasteiger partial charge in [0, 0.05) is 31.8 Å². The number of carbonyl (C=O) groups is 2. The van der Waals surface area contributed by atoms with Crippen LogP contribution in [0.3, 0.4) is 0 Å². The van der Waals surface area contributed by atoms with Crippen LogP contribution in [0.4, 0.5) is 0 Å². The van der Waals surface area contributed by atoms with E-state index in [0.29, 0.717) is 25.9 Å². The lowest BCUT2D eigenvalue weighted by Gasteiger charge is -2.10. The molecular formula is C13H21N5O2. The predicted molar refractivity (Wildman–Crippen MR) is 72.7 cm³/mol. The first kappa shape index (κ1) is 14.5. The normalized spacial score (nSPS) is 15.2. The van der Waals surface area contributed by atoms with Gasteiger partial charge in [-0.3, -0.25) is 14.7 Å². The summed E-state index contributed by atoms with van der Waals surface area (Å²) in [5, 5.41) is 12.1. The maximum Gasteiger partial charge on any atom is 0.223 e. The fourth-order valence-corrected chi connectivity index (χ4v) is 2.39. The monoisotopic (exact) mass is 279 g/mol. The van der Waals surface area contributed by atoms with Gasteiger partial charge in [-0.05, 0) is 12.8 Å². The Hall–Kier alpha value is -1.92. The van der Waals surface area contributed by atoms with Gasteiger partial charge in [0.15, 0.2) is 0 Å². The predicted octanol–water partition coefficient (Wildman–Crippen LogP) is 0.160. The lowest BCUT2D eigenvalue weighted by atomic mass is 10.1. The molecule has 20 heavy (non-hydrogen) atoms. The molecule has 1 saturated carbocycles. The largest absolute Gasteiger partial charge is 0.356 e. The first-order chi connectivity index (χ1) is 9.75. The molecule has 2 amide bonds. The van der Waals surface area contributed by atoms with E-state index in [0.717, 1.165) is 31.5 Å². The highest BCUT2D eigenvalue weighted by Gasteiger charge is 2.22. The minimum absolute atomic E-state index is 0.0590. The van der Waals surface area contributed by atoms with Gasteiger partial charge in [-0.1, -0.05) is 12.8 Å². The van der Waals surface area contributed by atoms with E-state index in [1.54, 1.807) is 0 Å². The van der Waals surface area contributed by atoms with Gasteiger partial charge in [-0.15, -0.1) is 0 Å². The van der Waals surface area contributed by atoms with Crippen LogP contribution >= 0.6 is 0 Å². The molecule has 0 aromatic carbocycles. The summed E-state index contributed by atoms with van der Waals surface area (Å²) in [7, 11) is 0. The summed E-state index contributed by atoms with van der Waals surface area (Å²) >= 11 is 0. The standard InChI is InChI=1S/C13H21N5O2/c19-12(14-7-5-11-16-9-17-18-11)6-8-15-13(20)10-3-1-2-4-10/h9-10H,1-8H2,(H,14,19)(H,15,20)(H,16,17,18). The van der Waals surface area contributed by atoms with E-state index < -0.39 is 0 Å². The lowest BCUT2D eigenvalue weighted by Crippen LogP contribution is -2.34. The van der Waals surface area contributed by atoms with Gasteiger partial charge in [-0.2, -0.15) is 5.10 Å². The van der Waals surface area contributed by atoms with Crippen molar-refractivity contribution in [3.05, 3.63) is 12.2 Å². The van der Waals surface area contributed by atoms with E-state index in [1.807, 2.05) is 0 Å². The smallest absolute Gasteiger partial charge is 0.223 e. The van der Waals surface area contributed by atoms with Crippen LogP contribution in [-0.4, -0.2) is 40.1 Å². The molecule has 7 heteroatoms. The van der Waals surface area contributed by atoms with E-state index in [-0.39, 0.29) is 17.7 Å². The van der Waals surface area contributed by atoms with Gasteiger partial charge < -0.3 is 10.6 Å². The molecule has 110 valence electrons. The second-order valence-electron chi connectivity index (χ2n) is 5.05. The molecule has 0 saturated heterocycles. The topological polar surface area (TPSA) is 99.8 Å². The Morgan fingerprint density at radius 1 is 1.25 bits per heavy atom. The molecule has 3 N–H and O–H groups in total. The molecule has 1 fully saturated rings. The number of nitrogens with one attached hydrogen (secondary N) is 3. The highest BCUT2D eigenvalue weighted by Crippen LogP contribution is 2.24. The van der Waals surface area contributed by atoms with Crippen LogP contribution in [0, 0.1) is 5.92 Å². The van der Waals surface area contributed by atoms with Crippen LogP contribution in [0.2, 0.25) is 0 Å². The third-order valence-corrected chi connectivity index (χ3v) is 3.53. The maximum atomic E-state index is 11.7. The van der Waals surface area contributed by atoms with Crippen LogP contribution in [-0.2, 0) is 16.0 Å². The second kappa shape index (κ2) is 7.62. The number of nitrogens with zero attached hydrogens (tertiary/aromatic N) is 2. The zero-order chi connectivity index (χ0) is 14.2. The van der Waals surface area contributed by atoms with Crippen molar-refractivity contribution in [1.29, 1.82) is 0 Å². The Morgan fingerprint density at radius 2 is 2.05 bits per heavy atom. The van der Waals surface area contributed by atoms with Gasteiger partial charge in [0.25, 0.3) is 0 Å². The van der Waals surface area contributed by atoms with E-state index in [1.165, 1.54) is 6.33 Å². The number of hydrogen-bond donors (Lipinski definition) is 3. The Balaban J connectivity index is 1.52. The van der Waals surface area contributed by atoms with Crippen molar-refractivity contribution in [2.24, 2.45) is 5.92 Å². The number of hydrogen-bond acceptors (Lipinski definition) is 4. The summed E-state index contributed by atoms with van der Waals surface area (Å²) in [6, 6.07) is 0. The van der Waals surface area contributed by atoms with Gasteiger partial charge in [0.2, 0.25) is 11.8 Å². The number of amides is 2. The van der Waals surface area contributed by atoms with Crippen LogP contribution in [0.15, 0.2) is 6.33 Å². The van der Waals surface area contributed by atoms with Crippen LogP contribution < -0.4 is 10.6 Å². The van der Waals surface area contributed by atoms with E-state index in [2.05, 4.69) is 25.8 Å². The molecule has 1 heterocycles. The minimum Gasteiger partial charge on any atom is -0.356 e. The second-order valence-corrected chi connectivity index (χ2v) is 5.05. The molecule has 0 spiro atoms. The third kappa shape index (κ3) is 4.64. The highest BCUT2D eigenvalue weighted by atomic mass is 16.2. The summed E-state index contributed by atoms with van der Waals surface area (Å²) in [6.45, 7) is 0.925. The van der Waals surface area contributed by atoms with Crippen molar-refractivity contribution >= 4 is 11.8 Å². The Labute approximate surface area is 117 Å². The van der Waals surface area contributed by atoms with Crippen molar-refractivity contribution in [3.63, 3.8) is 0 Å². The average Bonchev–Trinajstić information content (AvgIpc) is 3.12. The average molecular weight is 279 g/mol. The van der Waals surface area contributed by atoms with Gasteiger partial charge in [0.05, 0.1) is 0 Å². The number of aromatic amines is 1. The molecule has 0 unspecified atom stereocenters. The lowest BCUT2D eigenvalue weighted by molar-refractivity contribution is -0.125. The van der Waals surface area contributed by atoms with Crippen molar-refractivity contribution in [3.8, 4) is 0 Å². The molecule has 0 bridgehead atoms. The van der Waals surface area contributed by atoms with Crippen LogP contribution in [0.1, 0.15) is 37.9 Å². The summed E-state index contributed by atoms with van der Waals surface area (Å²) in [5.41, 5.74) is 0. The fraction of sp³-hybridized carbons (Fsp3) is 0.692. The quantitative estimate of drug-likeness (QED) is 0.662. The Bertz CT molecular complexity index is 426. The minimum atomic E-state index is -0.0590. The first-order valence-corrected chi connectivity index (χ1v) is 7.14. The highest BCUT2D eigenvalue weighted by molar-refractivity contribution is 5.80. The summed E-state index contributed by atoms with van der Waals surface area (Å²) in [4.78, 5) is 27.3. The Kier molecular flexibility index (Phi) is 5.52. The molecule has 1 aromatic heterocycles. The number of carbonyl (C=O) groups excluding carboxylic acids is 2. The van der Waals surface area contributed by atoms with Crippen molar-refractivity contribution in [1.82, 2.24) is 25.8 Å². The van der Waals surface area contributed by atoms with Crippen molar-refractivity contribution in [2.45, 2.75) is 38.5 Å². The molecule has 0 atom stereocenters. The summed E-state index contributed by atoms with van der Waals surface area (Å²) in [5.74, 6) is 0.942. The molecule has 0 aliphatic heterocycles. The van der Waals surface area contributed by atoms with Crippen LogP contribution in [0.25, 0.3) is 0 Å². The van der Waals surface area contributed by atoms with Gasteiger partial charge in [0.1, 0.15) is 12.2 Å². The zero-order valence-electron chi connectivity index (χ0n) is 11.5. The number of aromatic nitrogens is 3. The number of rotatable bonds is 7. The van der Waals surface area contributed by atoms with Crippen LogP contribution in [0.5, 0.6) is 0 Å². The number of H-pyrrole nitrogens is 1. The third-order valence-electron chi connectivity index (χ3n) is 3.53. The van der Waals surface area contributed by atoms with E-state index in [9.17, 15) is 9.59 Å². The van der Waals surface area contributed by atoms with E-state index >= 15 is 0 Å². The molecule has 1 aliphatic rings. The molecule has 2 rings (SSSR count). The van der Waals surface area contributed by atoms with Gasteiger partial charge in [-0.25, -0.2) is 4.98 Å². The van der Waals surface area contributed by atoms with E-state index in [4.69, 9.17) is 0 Å². The fourth-order valence-electron chi connectivity index (χ4n) is 2.39. The first-order valence-electron chi connectivity index (χ1n) is 7.14. The molecule has 7 nitrogen and oxygen atoms in total.